The molecule has 1 atom stereocenters. The van der Waals surface area contributed by atoms with Gasteiger partial charge in [0.1, 0.15) is 11.5 Å². The number of ether oxygens (including phenoxy) is 4. The molecule has 1 saturated heterocycles. The van der Waals surface area contributed by atoms with Crippen molar-refractivity contribution in [2.45, 2.75) is 32.4 Å². The van der Waals surface area contributed by atoms with Gasteiger partial charge in [-0.2, -0.15) is 0 Å². The van der Waals surface area contributed by atoms with E-state index in [-0.39, 0.29) is 24.0 Å². The van der Waals surface area contributed by atoms with Gasteiger partial charge in [-0.15, -0.1) is 0 Å². The Kier molecular flexibility index (Phi) is 8.17. The third-order valence-electron chi connectivity index (χ3n) is 5.51. The summed E-state index contributed by atoms with van der Waals surface area (Å²) in [6, 6.07) is 11.2. The molecule has 2 aromatic rings. The lowest BCUT2D eigenvalue weighted by Gasteiger charge is -2.26. The van der Waals surface area contributed by atoms with E-state index in [1.165, 1.54) is 19.1 Å². The second kappa shape index (κ2) is 11.1. The van der Waals surface area contributed by atoms with E-state index in [1.807, 2.05) is 13.8 Å². The number of aliphatic hydroxyl groups is 1. The number of nitrogens with zero attached hydrogens (tertiary/aromatic N) is 1. The minimum atomic E-state index is -0.789. The van der Waals surface area contributed by atoms with E-state index in [9.17, 15) is 14.7 Å². The van der Waals surface area contributed by atoms with Crippen LogP contribution in [-0.4, -0.2) is 62.3 Å². The molecule has 34 heavy (non-hydrogen) atoms. The van der Waals surface area contributed by atoms with Crippen molar-refractivity contribution >= 4 is 17.4 Å². The Bertz CT molecular complexity index is 1060. The van der Waals surface area contributed by atoms with Crippen molar-refractivity contribution in [3.8, 4) is 17.2 Å². The summed E-state index contributed by atoms with van der Waals surface area (Å²) >= 11 is 0. The zero-order valence-corrected chi connectivity index (χ0v) is 20.2. The third-order valence-corrected chi connectivity index (χ3v) is 5.51. The predicted octanol–water partition coefficient (Wildman–Crippen LogP) is 3.95. The van der Waals surface area contributed by atoms with Crippen molar-refractivity contribution in [2.75, 3.05) is 34.5 Å². The van der Waals surface area contributed by atoms with Crippen LogP contribution >= 0.6 is 0 Å². The van der Waals surface area contributed by atoms with E-state index >= 15 is 0 Å². The summed E-state index contributed by atoms with van der Waals surface area (Å²) in [6.45, 7) is 4.55. The number of carbonyl (C=O) groups is 2. The molecule has 3 rings (SSSR count). The maximum atomic E-state index is 13.1. The largest absolute Gasteiger partial charge is 0.507 e. The van der Waals surface area contributed by atoms with Crippen LogP contribution in [0.5, 0.6) is 17.2 Å². The lowest BCUT2D eigenvalue weighted by molar-refractivity contribution is -0.140. The molecule has 1 aliphatic heterocycles. The fraction of sp³-hybridized carbons (Fsp3) is 0.385. The smallest absolute Gasteiger partial charge is 0.295 e. The van der Waals surface area contributed by atoms with Gasteiger partial charge in [0.05, 0.1) is 31.9 Å². The molecule has 0 aromatic heterocycles. The third kappa shape index (κ3) is 5.17. The molecule has 0 saturated carbocycles. The molecule has 8 heteroatoms. The summed E-state index contributed by atoms with van der Waals surface area (Å²) in [5.41, 5.74) is 1.05. The summed E-state index contributed by atoms with van der Waals surface area (Å²) < 4.78 is 21.5. The fourth-order valence-corrected chi connectivity index (χ4v) is 3.98. The van der Waals surface area contributed by atoms with Crippen molar-refractivity contribution in [3.05, 3.63) is 59.2 Å². The highest BCUT2D eigenvalue weighted by molar-refractivity contribution is 6.46. The Hall–Kier alpha value is -3.52. The average molecular weight is 470 g/mol. The number of hydrogen-bond acceptors (Lipinski definition) is 7. The van der Waals surface area contributed by atoms with Gasteiger partial charge in [0.15, 0.2) is 11.5 Å². The highest BCUT2D eigenvalue weighted by Gasteiger charge is 2.46. The first-order chi connectivity index (χ1) is 16.3. The van der Waals surface area contributed by atoms with Crippen LogP contribution in [0.2, 0.25) is 0 Å². The van der Waals surface area contributed by atoms with Crippen LogP contribution in [0.3, 0.4) is 0 Å². The minimum Gasteiger partial charge on any atom is -0.507 e. The number of rotatable bonds is 10. The van der Waals surface area contributed by atoms with Gasteiger partial charge < -0.3 is 29.0 Å². The van der Waals surface area contributed by atoms with Crippen LogP contribution in [0, 0.1) is 0 Å². The van der Waals surface area contributed by atoms with Crippen LogP contribution in [0.15, 0.2) is 48.0 Å². The molecule has 0 bridgehead atoms. The number of aliphatic hydroxyl groups excluding tert-OH is 1. The first-order valence-corrected chi connectivity index (χ1v) is 11.1. The Labute approximate surface area is 199 Å². The van der Waals surface area contributed by atoms with Crippen LogP contribution in [-0.2, 0) is 14.3 Å². The van der Waals surface area contributed by atoms with Gasteiger partial charge in [-0.1, -0.05) is 6.07 Å². The molecule has 1 N–H and O–H groups in total. The molecule has 0 spiro atoms. The Morgan fingerprint density at radius 1 is 1.00 bits per heavy atom. The molecule has 1 unspecified atom stereocenters. The standard InChI is InChI=1S/C26H31NO7/c1-16(2)34-19-10-7-17(8-11-19)24(28)22-23(18-9-12-20(32-4)21(15-18)33-5)27(13-6-14-31-3)26(30)25(22)29/h7-12,15-16,23,28H,6,13-14H2,1-5H3. The van der Waals surface area contributed by atoms with Crippen molar-refractivity contribution < 1.29 is 33.6 Å². The van der Waals surface area contributed by atoms with E-state index in [2.05, 4.69) is 0 Å². The quantitative estimate of drug-likeness (QED) is 0.244. The predicted molar refractivity (Wildman–Crippen MR) is 127 cm³/mol. The number of carbonyl (C=O) groups excluding carboxylic acids is 2. The summed E-state index contributed by atoms with van der Waals surface area (Å²) in [6.07, 6.45) is 0.538. The first kappa shape index (κ1) is 25.1. The number of benzene rings is 2. The van der Waals surface area contributed by atoms with Gasteiger partial charge in [0, 0.05) is 25.8 Å². The van der Waals surface area contributed by atoms with Crippen molar-refractivity contribution in [1.82, 2.24) is 4.90 Å². The monoisotopic (exact) mass is 469 g/mol. The second-order valence-electron chi connectivity index (χ2n) is 8.14. The molecule has 0 radical (unpaired) electrons. The number of ketones is 1. The Morgan fingerprint density at radius 2 is 1.68 bits per heavy atom. The lowest BCUT2D eigenvalue weighted by Crippen LogP contribution is -2.31. The van der Waals surface area contributed by atoms with E-state index < -0.39 is 17.7 Å². The minimum absolute atomic E-state index is 0.00178. The van der Waals surface area contributed by atoms with Gasteiger partial charge in [0.2, 0.25) is 0 Å². The summed E-state index contributed by atoms with van der Waals surface area (Å²) in [5.74, 6) is -0.0399. The van der Waals surface area contributed by atoms with Gasteiger partial charge in [-0.25, -0.2) is 0 Å². The average Bonchev–Trinajstić information content (AvgIpc) is 3.08. The lowest BCUT2D eigenvalue weighted by atomic mass is 9.95. The van der Waals surface area contributed by atoms with E-state index in [4.69, 9.17) is 18.9 Å². The number of likely N-dealkylation sites (tertiary alicyclic amines) is 1. The molecular weight excluding hydrogens is 438 g/mol. The summed E-state index contributed by atoms with van der Waals surface area (Å²) in [4.78, 5) is 27.6. The molecule has 1 aliphatic rings. The van der Waals surface area contributed by atoms with E-state index in [1.54, 1.807) is 49.6 Å². The molecule has 8 nitrogen and oxygen atoms in total. The van der Waals surface area contributed by atoms with Gasteiger partial charge in [0.25, 0.3) is 11.7 Å². The molecule has 1 amide bonds. The fourth-order valence-electron chi connectivity index (χ4n) is 3.98. The van der Waals surface area contributed by atoms with Crippen LogP contribution in [0.25, 0.3) is 5.76 Å². The molecular formula is C26H31NO7. The Morgan fingerprint density at radius 3 is 2.26 bits per heavy atom. The maximum absolute atomic E-state index is 13.1. The zero-order valence-electron chi connectivity index (χ0n) is 20.2. The van der Waals surface area contributed by atoms with Crippen molar-refractivity contribution in [3.63, 3.8) is 0 Å². The van der Waals surface area contributed by atoms with E-state index in [0.717, 1.165) is 0 Å². The van der Waals surface area contributed by atoms with E-state index in [0.29, 0.717) is 41.4 Å². The Balaban J connectivity index is 2.10. The summed E-state index contributed by atoms with van der Waals surface area (Å²) in [7, 11) is 4.62. The van der Waals surface area contributed by atoms with Crippen LogP contribution in [0.1, 0.15) is 37.4 Å². The topological polar surface area (TPSA) is 94.5 Å². The van der Waals surface area contributed by atoms with Gasteiger partial charge in [-0.05, 0) is 62.2 Å². The van der Waals surface area contributed by atoms with Gasteiger partial charge >= 0.3 is 0 Å². The number of hydrogen-bond donors (Lipinski definition) is 1. The normalized spacial score (nSPS) is 17.4. The number of methoxy groups -OCH3 is 3. The highest BCUT2D eigenvalue weighted by atomic mass is 16.5. The zero-order chi connectivity index (χ0) is 24.8. The SMILES string of the molecule is COCCCN1C(=O)C(=O)C(=C(O)c2ccc(OC(C)C)cc2)C1c1ccc(OC)c(OC)c1. The first-order valence-electron chi connectivity index (χ1n) is 11.1. The molecule has 1 fully saturated rings. The van der Waals surface area contributed by atoms with Crippen molar-refractivity contribution in [2.24, 2.45) is 0 Å². The highest BCUT2D eigenvalue weighted by Crippen LogP contribution is 2.42. The maximum Gasteiger partial charge on any atom is 0.295 e. The van der Waals surface area contributed by atoms with Crippen LogP contribution < -0.4 is 14.2 Å². The number of amides is 1. The molecule has 1 heterocycles. The summed E-state index contributed by atoms with van der Waals surface area (Å²) in [5, 5.41) is 11.2. The second-order valence-corrected chi connectivity index (χ2v) is 8.14. The molecule has 0 aliphatic carbocycles. The van der Waals surface area contributed by atoms with Crippen molar-refractivity contribution in [1.29, 1.82) is 0 Å². The molecule has 182 valence electrons. The number of Topliss-reactive ketones (excluding diaryl/α,β-unsaturated/α-hetero) is 1. The van der Waals surface area contributed by atoms with Crippen LogP contribution in [0.4, 0.5) is 0 Å². The van der Waals surface area contributed by atoms with Gasteiger partial charge in [-0.3, -0.25) is 9.59 Å². The molecule has 2 aromatic carbocycles.